The Labute approximate surface area is 123 Å². The predicted octanol–water partition coefficient (Wildman–Crippen LogP) is 3.74. The van der Waals surface area contributed by atoms with Gasteiger partial charge in [-0.25, -0.2) is 4.79 Å². The van der Waals surface area contributed by atoms with Crippen LogP contribution in [0.3, 0.4) is 0 Å². The van der Waals surface area contributed by atoms with Gasteiger partial charge in [-0.1, -0.05) is 39.0 Å². The second kappa shape index (κ2) is 5.60. The fraction of sp³-hybridized carbons (Fsp3) is 0.375. The number of aromatic carboxylic acids is 1. The van der Waals surface area contributed by atoms with Gasteiger partial charge in [0.25, 0.3) is 0 Å². The van der Waals surface area contributed by atoms with E-state index in [1.54, 1.807) is 6.92 Å². The van der Waals surface area contributed by atoms with Crippen molar-refractivity contribution in [2.24, 2.45) is 0 Å². The minimum Gasteiger partial charge on any atom is -0.476 e. The maximum atomic E-state index is 11.2. The van der Waals surface area contributed by atoms with Crippen molar-refractivity contribution < 1.29 is 19.1 Å². The molecule has 1 aromatic carbocycles. The molecule has 5 heteroatoms. The van der Waals surface area contributed by atoms with Crippen molar-refractivity contribution in [2.75, 3.05) is 6.61 Å². The molecule has 1 N–H and O–H groups in total. The van der Waals surface area contributed by atoms with E-state index < -0.39 is 5.97 Å². The van der Waals surface area contributed by atoms with Crippen LogP contribution in [0.25, 0.3) is 11.5 Å². The van der Waals surface area contributed by atoms with E-state index in [-0.39, 0.29) is 22.9 Å². The molecule has 112 valence electrons. The number of oxazole rings is 1. The Balaban J connectivity index is 2.58. The summed E-state index contributed by atoms with van der Waals surface area (Å²) in [6, 6.07) is 7.66. The number of carbonyl (C=O) groups is 1. The highest BCUT2D eigenvalue weighted by Gasteiger charge is 2.25. The maximum Gasteiger partial charge on any atom is 0.362 e. The van der Waals surface area contributed by atoms with Gasteiger partial charge in [0.15, 0.2) is 0 Å². The molecule has 0 saturated carbocycles. The van der Waals surface area contributed by atoms with Crippen LogP contribution in [0.1, 0.15) is 43.7 Å². The number of carboxylic acid groups (broad SMARTS) is 1. The average Bonchev–Trinajstić information content (AvgIpc) is 2.82. The first-order valence-corrected chi connectivity index (χ1v) is 6.81. The van der Waals surface area contributed by atoms with Crippen LogP contribution >= 0.6 is 0 Å². The van der Waals surface area contributed by atoms with Gasteiger partial charge in [0, 0.05) is 5.56 Å². The number of benzene rings is 1. The number of rotatable bonds is 4. The molecule has 1 aromatic heterocycles. The second-order valence-corrected chi connectivity index (χ2v) is 5.69. The molecule has 0 saturated heterocycles. The van der Waals surface area contributed by atoms with Crippen molar-refractivity contribution in [3.8, 4) is 17.4 Å². The lowest BCUT2D eigenvalue weighted by molar-refractivity contribution is 0.0683. The van der Waals surface area contributed by atoms with Crippen LogP contribution in [0.2, 0.25) is 0 Å². The van der Waals surface area contributed by atoms with Crippen LogP contribution in [0, 0.1) is 0 Å². The van der Waals surface area contributed by atoms with Gasteiger partial charge >= 0.3 is 11.9 Å². The van der Waals surface area contributed by atoms with E-state index in [2.05, 4.69) is 25.8 Å². The molecule has 0 bridgehead atoms. The number of hydrogen-bond donors (Lipinski definition) is 1. The van der Waals surface area contributed by atoms with Crippen LogP contribution in [-0.2, 0) is 5.41 Å². The Kier molecular flexibility index (Phi) is 4.02. The second-order valence-electron chi connectivity index (χ2n) is 5.69. The first-order chi connectivity index (χ1) is 9.84. The molecule has 21 heavy (non-hydrogen) atoms. The highest BCUT2D eigenvalue weighted by Crippen LogP contribution is 2.35. The van der Waals surface area contributed by atoms with Crippen molar-refractivity contribution >= 4 is 5.97 Å². The van der Waals surface area contributed by atoms with Crippen LogP contribution in [-0.4, -0.2) is 22.7 Å². The van der Waals surface area contributed by atoms with Gasteiger partial charge in [-0.3, -0.25) is 0 Å². The number of carboxylic acids is 1. The van der Waals surface area contributed by atoms with Gasteiger partial charge < -0.3 is 14.3 Å². The Morgan fingerprint density at radius 1 is 1.33 bits per heavy atom. The van der Waals surface area contributed by atoms with Crippen molar-refractivity contribution in [2.45, 2.75) is 33.1 Å². The summed E-state index contributed by atoms with van der Waals surface area (Å²) in [6.45, 7) is 8.32. The summed E-state index contributed by atoms with van der Waals surface area (Å²) in [5.74, 6) is -0.952. The lowest BCUT2D eigenvalue weighted by Gasteiger charge is -2.21. The minimum absolute atomic E-state index is 0.0521. The number of nitrogens with zero attached hydrogens (tertiary/aromatic N) is 1. The molecule has 0 spiro atoms. The van der Waals surface area contributed by atoms with E-state index in [0.717, 1.165) is 11.1 Å². The molecular weight excluding hydrogens is 270 g/mol. The van der Waals surface area contributed by atoms with Gasteiger partial charge in [-0.05, 0) is 24.0 Å². The summed E-state index contributed by atoms with van der Waals surface area (Å²) in [5, 5.41) is 9.18. The third-order valence-corrected chi connectivity index (χ3v) is 3.04. The Morgan fingerprint density at radius 3 is 2.57 bits per heavy atom. The third-order valence-electron chi connectivity index (χ3n) is 3.04. The number of aromatic nitrogens is 1. The number of hydrogen-bond acceptors (Lipinski definition) is 4. The van der Waals surface area contributed by atoms with Crippen molar-refractivity contribution in [3.63, 3.8) is 0 Å². The highest BCUT2D eigenvalue weighted by atomic mass is 16.6. The zero-order chi connectivity index (χ0) is 15.6. The highest BCUT2D eigenvalue weighted by molar-refractivity contribution is 5.88. The van der Waals surface area contributed by atoms with Crippen LogP contribution < -0.4 is 4.74 Å². The Morgan fingerprint density at radius 2 is 2.00 bits per heavy atom. The topological polar surface area (TPSA) is 72.6 Å². The largest absolute Gasteiger partial charge is 0.476 e. The summed E-state index contributed by atoms with van der Waals surface area (Å²) in [5.41, 5.74) is 1.50. The average molecular weight is 289 g/mol. The molecule has 0 amide bonds. The van der Waals surface area contributed by atoms with Crippen molar-refractivity contribution in [1.82, 2.24) is 4.98 Å². The van der Waals surface area contributed by atoms with Crippen molar-refractivity contribution in [1.29, 1.82) is 0 Å². The summed E-state index contributed by atoms with van der Waals surface area (Å²) < 4.78 is 10.7. The maximum absolute atomic E-state index is 11.2. The standard InChI is InChI=1S/C16H19NO4/c1-5-20-15-12(14(18)19)17-13(21-15)10-8-6-7-9-11(10)16(2,3)4/h6-9H,5H2,1-4H3,(H,18,19). The zero-order valence-corrected chi connectivity index (χ0v) is 12.6. The zero-order valence-electron chi connectivity index (χ0n) is 12.6. The van der Waals surface area contributed by atoms with Gasteiger partial charge in [-0.2, -0.15) is 4.98 Å². The molecule has 0 unspecified atom stereocenters. The summed E-state index contributed by atoms with van der Waals surface area (Å²) in [7, 11) is 0. The van der Waals surface area contributed by atoms with Crippen molar-refractivity contribution in [3.05, 3.63) is 35.5 Å². The van der Waals surface area contributed by atoms with E-state index in [1.807, 2.05) is 24.3 Å². The van der Waals surface area contributed by atoms with Gasteiger partial charge in [-0.15, -0.1) is 0 Å². The first-order valence-electron chi connectivity index (χ1n) is 6.81. The molecule has 5 nitrogen and oxygen atoms in total. The monoisotopic (exact) mass is 289 g/mol. The van der Waals surface area contributed by atoms with Crippen LogP contribution in [0.15, 0.2) is 28.7 Å². The summed E-state index contributed by atoms with van der Waals surface area (Å²) >= 11 is 0. The normalized spacial score (nSPS) is 11.4. The van der Waals surface area contributed by atoms with E-state index in [0.29, 0.717) is 6.61 Å². The molecule has 0 aliphatic heterocycles. The first kappa shape index (κ1) is 15.1. The van der Waals surface area contributed by atoms with Gasteiger partial charge in [0.1, 0.15) is 0 Å². The van der Waals surface area contributed by atoms with E-state index in [1.165, 1.54) is 0 Å². The molecule has 2 rings (SSSR count). The smallest absolute Gasteiger partial charge is 0.362 e. The van der Waals surface area contributed by atoms with Gasteiger partial charge in [0.2, 0.25) is 11.6 Å². The molecular formula is C16H19NO4. The summed E-state index contributed by atoms with van der Waals surface area (Å²) in [6.07, 6.45) is 0. The Hall–Kier alpha value is -2.30. The lowest BCUT2D eigenvalue weighted by atomic mass is 9.84. The summed E-state index contributed by atoms with van der Waals surface area (Å²) in [4.78, 5) is 15.3. The lowest BCUT2D eigenvalue weighted by Crippen LogP contribution is -2.12. The molecule has 2 aromatic rings. The van der Waals surface area contributed by atoms with Crippen LogP contribution in [0.4, 0.5) is 0 Å². The number of ether oxygens (including phenoxy) is 1. The SMILES string of the molecule is CCOc1oc(-c2ccccc2C(C)(C)C)nc1C(=O)O. The van der Waals surface area contributed by atoms with E-state index >= 15 is 0 Å². The molecule has 0 aliphatic rings. The Bertz CT molecular complexity index is 653. The third kappa shape index (κ3) is 3.07. The van der Waals surface area contributed by atoms with E-state index in [4.69, 9.17) is 9.15 Å². The predicted molar refractivity (Wildman–Crippen MR) is 78.8 cm³/mol. The van der Waals surface area contributed by atoms with E-state index in [9.17, 15) is 9.90 Å². The minimum atomic E-state index is -1.17. The molecule has 1 heterocycles. The van der Waals surface area contributed by atoms with Gasteiger partial charge in [0.05, 0.1) is 6.61 Å². The molecule has 0 atom stereocenters. The molecule has 0 fully saturated rings. The quantitative estimate of drug-likeness (QED) is 0.928. The fourth-order valence-electron chi connectivity index (χ4n) is 2.11. The molecule has 0 aliphatic carbocycles. The van der Waals surface area contributed by atoms with Crippen LogP contribution in [0.5, 0.6) is 5.95 Å². The molecule has 0 radical (unpaired) electrons. The fourth-order valence-corrected chi connectivity index (χ4v) is 2.11.